The molecule has 0 aliphatic heterocycles. The molecule has 0 amide bonds. The first-order chi connectivity index (χ1) is 13.5. The van der Waals surface area contributed by atoms with Crippen molar-refractivity contribution in [3.63, 3.8) is 0 Å². The molecule has 140 valence electrons. The molecule has 1 heterocycles. The molecule has 0 saturated heterocycles. The van der Waals surface area contributed by atoms with Crippen molar-refractivity contribution in [2.45, 2.75) is 0 Å². The number of ether oxygens (including phenoxy) is 2. The van der Waals surface area contributed by atoms with Crippen LogP contribution < -0.4 is 4.74 Å². The van der Waals surface area contributed by atoms with Gasteiger partial charge in [-0.15, -0.1) is 0 Å². The van der Waals surface area contributed by atoms with Gasteiger partial charge < -0.3 is 9.47 Å². The number of rotatable bonds is 7. The van der Waals surface area contributed by atoms with Crippen LogP contribution in [0.15, 0.2) is 73.1 Å². The third kappa shape index (κ3) is 4.76. The molecule has 0 radical (unpaired) electrons. The predicted molar refractivity (Wildman–Crippen MR) is 98.5 cm³/mol. The molecule has 8 heteroatoms. The van der Waals surface area contributed by atoms with Crippen molar-refractivity contribution in [1.29, 1.82) is 0 Å². The van der Waals surface area contributed by atoms with Crippen LogP contribution in [0.5, 0.6) is 11.5 Å². The number of Topliss-reactive ketones (excluding diaryl/α,β-unsaturated/α-hetero) is 1. The van der Waals surface area contributed by atoms with Gasteiger partial charge in [-0.2, -0.15) is 0 Å². The van der Waals surface area contributed by atoms with Gasteiger partial charge in [-0.3, -0.25) is 19.9 Å². The summed E-state index contributed by atoms with van der Waals surface area (Å²) in [6, 6.07) is 15.0. The van der Waals surface area contributed by atoms with Crippen molar-refractivity contribution in [2.24, 2.45) is 0 Å². The van der Waals surface area contributed by atoms with Gasteiger partial charge in [0.2, 0.25) is 0 Å². The molecule has 1 aromatic heterocycles. The maximum atomic E-state index is 12.2. The van der Waals surface area contributed by atoms with E-state index in [-0.39, 0.29) is 17.0 Å². The van der Waals surface area contributed by atoms with Crippen LogP contribution >= 0.6 is 0 Å². The Balaban J connectivity index is 1.56. The van der Waals surface area contributed by atoms with E-state index in [1.807, 2.05) is 0 Å². The van der Waals surface area contributed by atoms with Crippen LogP contribution in [0.3, 0.4) is 0 Å². The summed E-state index contributed by atoms with van der Waals surface area (Å²) >= 11 is 0. The Morgan fingerprint density at radius 3 is 2.14 bits per heavy atom. The Morgan fingerprint density at radius 2 is 1.57 bits per heavy atom. The zero-order valence-electron chi connectivity index (χ0n) is 14.5. The number of nitro groups is 1. The van der Waals surface area contributed by atoms with Crippen LogP contribution in [0.4, 0.5) is 5.69 Å². The molecule has 8 nitrogen and oxygen atoms in total. The summed E-state index contributed by atoms with van der Waals surface area (Å²) in [6.45, 7) is -0.393. The van der Waals surface area contributed by atoms with Crippen molar-refractivity contribution >= 4 is 17.4 Å². The number of nitro benzene ring substituents is 1. The summed E-state index contributed by atoms with van der Waals surface area (Å²) in [5.74, 6) is -0.105. The molecule has 0 bridgehead atoms. The Kier molecular flexibility index (Phi) is 5.71. The number of carbonyl (C=O) groups is 2. The van der Waals surface area contributed by atoms with Crippen molar-refractivity contribution in [3.8, 4) is 11.5 Å². The number of nitrogens with zero attached hydrogens (tertiary/aromatic N) is 2. The molecule has 2 aromatic carbocycles. The van der Waals surface area contributed by atoms with Crippen molar-refractivity contribution in [3.05, 3.63) is 94.3 Å². The molecule has 0 saturated carbocycles. The Bertz CT molecular complexity index is 985. The summed E-state index contributed by atoms with van der Waals surface area (Å²) in [7, 11) is 0. The first-order valence-electron chi connectivity index (χ1n) is 8.15. The van der Waals surface area contributed by atoms with Crippen molar-refractivity contribution in [2.75, 3.05) is 6.61 Å². The molecule has 0 aliphatic rings. The quantitative estimate of drug-likeness (QED) is 0.266. The average Bonchev–Trinajstić information content (AvgIpc) is 2.73. The Hall–Kier alpha value is -4.07. The second-order valence-corrected chi connectivity index (χ2v) is 5.62. The summed E-state index contributed by atoms with van der Waals surface area (Å²) < 4.78 is 10.6. The van der Waals surface area contributed by atoms with Gasteiger partial charge >= 0.3 is 5.97 Å². The maximum absolute atomic E-state index is 12.2. The zero-order valence-corrected chi connectivity index (χ0v) is 14.5. The van der Waals surface area contributed by atoms with Crippen LogP contribution in [0, 0.1) is 10.1 Å². The van der Waals surface area contributed by atoms with E-state index >= 15 is 0 Å². The van der Waals surface area contributed by atoms with Crippen LogP contribution in [0.1, 0.15) is 20.7 Å². The molecule has 3 aromatic rings. The molecule has 0 aliphatic carbocycles. The summed E-state index contributed by atoms with van der Waals surface area (Å²) in [6.07, 6.45) is 2.89. The highest BCUT2D eigenvalue weighted by Gasteiger charge is 2.12. The van der Waals surface area contributed by atoms with Gasteiger partial charge in [-0.25, -0.2) is 4.79 Å². The van der Waals surface area contributed by atoms with Gasteiger partial charge in [0.1, 0.15) is 11.5 Å². The van der Waals surface area contributed by atoms with E-state index in [1.165, 1.54) is 36.7 Å². The number of hydrogen-bond acceptors (Lipinski definition) is 7. The second kappa shape index (κ2) is 8.54. The Labute approximate surface area is 159 Å². The highest BCUT2D eigenvalue weighted by atomic mass is 16.6. The summed E-state index contributed by atoms with van der Waals surface area (Å²) in [5, 5.41) is 10.6. The number of hydrogen-bond donors (Lipinski definition) is 0. The number of benzene rings is 2. The lowest BCUT2D eigenvalue weighted by Crippen LogP contribution is -2.14. The average molecular weight is 378 g/mol. The van der Waals surface area contributed by atoms with Crippen molar-refractivity contribution in [1.82, 2.24) is 4.98 Å². The Morgan fingerprint density at radius 1 is 0.929 bits per heavy atom. The van der Waals surface area contributed by atoms with Crippen LogP contribution in [-0.2, 0) is 4.74 Å². The summed E-state index contributed by atoms with van der Waals surface area (Å²) in [5.41, 5.74) is 0.589. The second-order valence-electron chi connectivity index (χ2n) is 5.62. The molecular weight excluding hydrogens is 364 g/mol. The maximum Gasteiger partial charge on any atom is 0.340 e. The SMILES string of the molecule is O=C(COC(=O)c1cccnc1)c1ccc(Oc2ccc([N+](=O)[O-])cc2)cc1. The van der Waals surface area contributed by atoms with E-state index < -0.39 is 17.5 Å². The lowest BCUT2D eigenvalue weighted by atomic mass is 10.1. The van der Waals surface area contributed by atoms with E-state index in [4.69, 9.17) is 9.47 Å². The van der Waals surface area contributed by atoms with Gasteiger partial charge in [0, 0.05) is 30.1 Å². The number of pyridine rings is 1. The fraction of sp³-hybridized carbons (Fsp3) is 0.0500. The van der Waals surface area contributed by atoms with Crippen LogP contribution in [-0.4, -0.2) is 28.3 Å². The molecule has 0 unspecified atom stereocenters. The molecular formula is C20H14N2O6. The molecule has 0 spiro atoms. The number of esters is 1. The molecule has 0 fully saturated rings. The number of aromatic nitrogens is 1. The van der Waals surface area contributed by atoms with Gasteiger partial charge in [-0.05, 0) is 48.5 Å². The predicted octanol–water partition coefficient (Wildman–Crippen LogP) is 3.82. The van der Waals surface area contributed by atoms with Gasteiger partial charge in [-0.1, -0.05) is 0 Å². The van der Waals surface area contributed by atoms with Gasteiger partial charge in [0.05, 0.1) is 10.5 Å². The lowest BCUT2D eigenvalue weighted by molar-refractivity contribution is -0.384. The minimum absolute atomic E-state index is 0.0332. The van der Waals surface area contributed by atoms with E-state index in [2.05, 4.69) is 4.98 Å². The first kappa shape index (κ1) is 18.7. The smallest absolute Gasteiger partial charge is 0.340 e. The first-order valence-corrected chi connectivity index (χ1v) is 8.15. The van der Waals surface area contributed by atoms with Gasteiger partial charge in [0.15, 0.2) is 12.4 Å². The third-order valence-corrected chi connectivity index (χ3v) is 3.69. The van der Waals surface area contributed by atoms with E-state index in [0.29, 0.717) is 17.1 Å². The van der Waals surface area contributed by atoms with Crippen molar-refractivity contribution < 1.29 is 24.0 Å². The van der Waals surface area contributed by atoms with E-state index in [1.54, 1.807) is 36.4 Å². The van der Waals surface area contributed by atoms with Crippen LogP contribution in [0.2, 0.25) is 0 Å². The molecule has 3 rings (SSSR count). The highest BCUT2D eigenvalue weighted by molar-refractivity contribution is 5.99. The number of carbonyl (C=O) groups excluding carboxylic acids is 2. The van der Waals surface area contributed by atoms with Gasteiger partial charge in [0.25, 0.3) is 5.69 Å². The highest BCUT2D eigenvalue weighted by Crippen LogP contribution is 2.24. The molecule has 0 N–H and O–H groups in total. The largest absolute Gasteiger partial charge is 0.457 e. The molecule has 0 atom stereocenters. The minimum atomic E-state index is -0.625. The normalized spacial score (nSPS) is 10.1. The standard InChI is InChI=1S/C20H14N2O6/c23-19(13-27-20(24)15-2-1-11-21-12-15)14-3-7-17(8-4-14)28-18-9-5-16(6-10-18)22(25)26/h1-12H,13H2. The van der Waals surface area contributed by atoms with E-state index in [0.717, 1.165) is 0 Å². The fourth-order valence-corrected chi connectivity index (χ4v) is 2.26. The summed E-state index contributed by atoms with van der Waals surface area (Å²) in [4.78, 5) is 37.9. The minimum Gasteiger partial charge on any atom is -0.457 e. The lowest BCUT2D eigenvalue weighted by Gasteiger charge is -2.07. The van der Waals surface area contributed by atoms with Crippen LogP contribution in [0.25, 0.3) is 0 Å². The zero-order chi connectivity index (χ0) is 19.9. The van der Waals surface area contributed by atoms with E-state index in [9.17, 15) is 19.7 Å². The number of ketones is 1. The topological polar surface area (TPSA) is 109 Å². The monoisotopic (exact) mass is 378 g/mol. The third-order valence-electron chi connectivity index (χ3n) is 3.69. The molecule has 28 heavy (non-hydrogen) atoms. The fourth-order valence-electron chi connectivity index (χ4n) is 2.26. The number of non-ortho nitro benzene ring substituents is 1.